The second kappa shape index (κ2) is 2.95. The molecule has 0 saturated heterocycles. The van der Waals surface area contributed by atoms with E-state index in [0.29, 0.717) is 0 Å². The van der Waals surface area contributed by atoms with Crippen molar-refractivity contribution in [1.29, 1.82) is 0 Å². The Kier molecular flexibility index (Phi) is 2.10. The zero-order valence-corrected chi connectivity index (χ0v) is 10.6. The van der Waals surface area contributed by atoms with E-state index in [1.807, 2.05) is 39.1 Å². The minimum absolute atomic E-state index is 0.177. The molecule has 74 valence electrons. The third-order valence-electron chi connectivity index (χ3n) is 2.83. The summed E-state index contributed by atoms with van der Waals surface area (Å²) in [6.45, 7) is 3.96. The van der Waals surface area contributed by atoms with Crippen molar-refractivity contribution in [2.75, 3.05) is 11.9 Å². The summed E-state index contributed by atoms with van der Waals surface area (Å²) < 4.78 is 1.14. The smallest absolute Gasteiger partial charge is 0.236 e. The quantitative estimate of drug-likeness (QED) is 0.674. The first-order valence-electron chi connectivity index (χ1n) is 4.53. The highest BCUT2D eigenvalue weighted by atomic mass is 127. The molecule has 0 atom stereocenters. The Morgan fingerprint density at radius 3 is 2.57 bits per heavy atom. The molecule has 1 aliphatic heterocycles. The van der Waals surface area contributed by atoms with Crippen LogP contribution in [0, 0.1) is 3.57 Å². The maximum atomic E-state index is 12.0. The molecule has 0 N–H and O–H groups in total. The van der Waals surface area contributed by atoms with Gasteiger partial charge in [0.1, 0.15) is 0 Å². The predicted octanol–water partition coefficient (Wildman–Crippen LogP) is 2.55. The Bertz CT molecular complexity index is 412. The Labute approximate surface area is 97.4 Å². The molecule has 0 aromatic heterocycles. The zero-order valence-electron chi connectivity index (χ0n) is 8.47. The number of hydrogen-bond acceptors (Lipinski definition) is 1. The first-order valence-corrected chi connectivity index (χ1v) is 5.61. The number of fused-ring (bicyclic) bond motifs is 1. The number of anilines is 1. The number of rotatable bonds is 0. The van der Waals surface area contributed by atoms with Crippen molar-refractivity contribution in [2.24, 2.45) is 0 Å². The van der Waals surface area contributed by atoms with Gasteiger partial charge < -0.3 is 4.90 Å². The first kappa shape index (κ1) is 9.96. The molecule has 0 aliphatic carbocycles. The summed E-state index contributed by atoms with van der Waals surface area (Å²) >= 11 is 2.27. The Morgan fingerprint density at radius 2 is 2.00 bits per heavy atom. The molecule has 3 heteroatoms. The molecule has 0 bridgehead atoms. The average molecular weight is 301 g/mol. The number of hydrogen-bond donors (Lipinski definition) is 0. The van der Waals surface area contributed by atoms with Crippen LogP contribution in [0.2, 0.25) is 0 Å². The Morgan fingerprint density at radius 1 is 1.36 bits per heavy atom. The van der Waals surface area contributed by atoms with Crippen LogP contribution in [-0.4, -0.2) is 13.0 Å². The largest absolute Gasteiger partial charge is 0.313 e. The predicted molar refractivity (Wildman–Crippen MR) is 65.6 cm³/mol. The van der Waals surface area contributed by atoms with E-state index in [4.69, 9.17) is 0 Å². The number of nitrogens with zero attached hydrogens (tertiary/aromatic N) is 1. The fourth-order valence-corrected chi connectivity index (χ4v) is 2.86. The van der Waals surface area contributed by atoms with Gasteiger partial charge in [-0.15, -0.1) is 0 Å². The number of likely N-dealkylation sites (N-methyl/N-ethyl adjacent to an activating group) is 1. The molecule has 1 heterocycles. The molecule has 0 spiro atoms. The second-order valence-corrected chi connectivity index (χ2v) is 5.29. The fraction of sp³-hybridized carbons (Fsp3) is 0.364. The van der Waals surface area contributed by atoms with Crippen LogP contribution in [0.1, 0.15) is 19.4 Å². The molecule has 1 aromatic rings. The lowest BCUT2D eigenvalue weighted by atomic mass is 9.86. The van der Waals surface area contributed by atoms with Gasteiger partial charge in [0.25, 0.3) is 0 Å². The van der Waals surface area contributed by atoms with E-state index in [1.54, 1.807) is 4.90 Å². The van der Waals surface area contributed by atoms with Gasteiger partial charge in [-0.05, 0) is 48.1 Å². The summed E-state index contributed by atoms with van der Waals surface area (Å²) in [4.78, 5) is 13.7. The molecule has 2 nitrogen and oxygen atoms in total. The lowest BCUT2D eigenvalue weighted by Crippen LogP contribution is -2.33. The topological polar surface area (TPSA) is 20.3 Å². The van der Waals surface area contributed by atoms with Gasteiger partial charge >= 0.3 is 0 Å². The monoisotopic (exact) mass is 301 g/mol. The van der Waals surface area contributed by atoms with Crippen LogP contribution in [0.3, 0.4) is 0 Å². The standard InChI is InChI=1S/C11H12INO/c1-11(2)7-5-4-6-8(12)9(7)13(3)10(11)14/h4-6H,1-3H3. The summed E-state index contributed by atoms with van der Waals surface area (Å²) in [5.74, 6) is 0.177. The molecular formula is C11H12INO. The summed E-state index contributed by atoms with van der Waals surface area (Å²) in [6.07, 6.45) is 0. The van der Waals surface area contributed by atoms with E-state index >= 15 is 0 Å². The molecular weight excluding hydrogens is 289 g/mol. The van der Waals surface area contributed by atoms with E-state index in [0.717, 1.165) is 14.8 Å². The lowest BCUT2D eigenvalue weighted by Gasteiger charge is -2.16. The minimum Gasteiger partial charge on any atom is -0.313 e. The average Bonchev–Trinajstić information content (AvgIpc) is 2.30. The lowest BCUT2D eigenvalue weighted by molar-refractivity contribution is -0.121. The number of para-hydroxylation sites is 1. The van der Waals surface area contributed by atoms with Crippen LogP contribution < -0.4 is 4.90 Å². The van der Waals surface area contributed by atoms with E-state index < -0.39 is 0 Å². The van der Waals surface area contributed by atoms with Crippen LogP contribution in [-0.2, 0) is 10.2 Å². The number of carbonyl (C=O) groups is 1. The third kappa shape index (κ3) is 1.11. The van der Waals surface area contributed by atoms with Crippen molar-refractivity contribution >= 4 is 34.2 Å². The van der Waals surface area contributed by atoms with Crippen molar-refractivity contribution in [3.63, 3.8) is 0 Å². The summed E-state index contributed by atoms with van der Waals surface area (Å²) in [5.41, 5.74) is 1.84. The van der Waals surface area contributed by atoms with Crippen molar-refractivity contribution < 1.29 is 4.79 Å². The highest BCUT2D eigenvalue weighted by molar-refractivity contribution is 14.1. The van der Waals surface area contributed by atoms with Crippen LogP contribution >= 0.6 is 22.6 Å². The number of carbonyl (C=O) groups excluding carboxylic acids is 1. The van der Waals surface area contributed by atoms with E-state index in [2.05, 4.69) is 22.6 Å². The summed E-state index contributed by atoms with van der Waals surface area (Å²) in [7, 11) is 1.85. The highest BCUT2D eigenvalue weighted by Crippen LogP contribution is 2.42. The van der Waals surface area contributed by atoms with E-state index in [1.165, 1.54) is 0 Å². The molecule has 14 heavy (non-hydrogen) atoms. The first-order chi connectivity index (χ1) is 6.46. The number of benzene rings is 1. The van der Waals surface area contributed by atoms with Gasteiger partial charge in [0.2, 0.25) is 5.91 Å². The third-order valence-corrected chi connectivity index (χ3v) is 3.71. The van der Waals surface area contributed by atoms with Crippen molar-refractivity contribution in [2.45, 2.75) is 19.3 Å². The van der Waals surface area contributed by atoms with Gasteiger partial charge in [0, 0.05) is 10.6 Å². The summed E-state index contributed by atoms with van der Waals surface area (Å²) in [5, 5.41) is 0. The van der Waals surface area contributed by atoms with Crippen LogP contribution in [0.15, 0.2) is 18.2 Å². The molecule has 1 aromatic carbocycles. The maximum absolute atomic E-state index is 12.0. The molecule has 0 saturated carbocycles. The van der Waals surface area contributed by atoms with Gasteiger partial charge in [0.15, 0.2) is 0 Å². The van der Waals surface area contributed by atoms with Crippen molar-refractivity contribution in [1.82, 2.24) is 0 Å². The van der Waals surface area contributed by atoms with Gasteiger partial charge in [-0.1, -0.05) is 12.1 Å². The number of halogens is 1. The summed E-state index contributed by atoms with van der Waals surface area (Å²) in [6, 6.07) is 6.08. The van der Waals surface area contributed by atoms with Gasteiger partial charge in [0.05, 0.1) is 11.1 Å². The zero-order chi connectivity index (χ0) is 10.5. The molecule has 0 unspecified atom stereocenters. The Balaban J connectivity index is 2.74. The van der Waals surface area contributed by atoms with Gasteiger partial charge in [-0.25, -0.2) is 0 Å². The number of amides is 1. The van der Waals surface area contributed by atoms with Gasteiger partial charge in [-0.2, -0.15) is 0 Å². The highest BCUT2D eigenvalue weighted by Gasteiger charge is 2.42. The minimum atomic E-state index is -0.370. The molecule has 0 fully saturated rings. The van der Waals surface area contributed by atoms with Crippen LogP contribution in [0.4, 0.5) is 5.69 Å². The van der Waals surface area contributed by atoms with Crippen LogP contribution in [0.5, 0.6) is 0 Å². The van der Waals surface area contributed by atoms with Gasteiger partial charge in [-0.3, -0.25) is 4.79 Å². The molecule has 1 amide bonds. The molecule has 1 aliphatic rings. The SMILES string of the molecule is CN1C(=O)C(C)(C)c2cccc(I)c21. The van der Waals surface area contributed by atoms with E-state index in [9.17, 15) is 4.79 Å². The maximum Gasteiger partial charge on any atom is 0.236 e. The normalized spacial score (nSPS) is 18.6. The molecule has 0 radical (unpaired) electrons. The fourth-order valence-electron chi connectivity index (χ4n) is 2.00. The Hall–Kier alpha value is -0.580. The van der Waals surface area contributed by atoms with Crippen molar-refractivity contribution in [3.8, 4) is 0 Å². The van der Waals surface area contributed by atoms with Crippen molar-refractivity contribution in [3.05, 3.63) is 27.3 Å². The van der Waals surface area contributed by atoms with E-state index in [-0.39, 0.29) is 11.3 Å². The second-order valence-electron chi connectivity index (χ2n) is 4.13. The van der Waals surface area contributed by atoms with Crippen LogP contribution in [0.25, 0.3) is 0 Å². The molecule has 2 rings (SSSR count).